The number of hydrogen-bond donors (Lipinski definition) is 2. The number of imide groups is 1. The Bertz CT molecular complexity index is 534. The minimum absolute atomic E-state index is 0.0385. The monoisotopic (exact) mass is 314 g/mol. The van der Waals surface area contributed by atoms with E-state index >= 15 is 0 Å². The normalized spacial score (nSPS) is 15.0. The molecule has 0 radical (unpaired) electrons. The van der Waals surface area contributed by atoms with Gasteiger partial charge in [-0.3, -0.25) is 10.1 Å². The van der Waals surface area contributed by atoms with Crippen molar-refractivity contribution in [2.24, 2.45) is 0 Å². The molecule has 0 unspecified atom stereocenters. The van der Waals surface area contributed by atoms with E-state index < -0.39 is 23.6 Å². The lowest BCUT2D eigenvalue weighted by molar-refractivity contribution is -0.117. The molecule has 0 bridgehead atoms. The summed E-state index contributed by atoms with van der Waals surface area (Å²) in [7, 11) is 0. The molecule has 1 aromatic carbocycles. The van der Waals surface area contributed by atoms with Crippen molar-refractivity contribution in [2.75, 3.05) is 5.75 Å². The van der Waals surface area contributed by atoms with Crippen molar-refractivity contribution < 1.29 is 18.4 Å². The van der Waals surface area contributed by atoms with Crippen molar-refractivity contribution in [1.29, 1.82) is 0 Å². The number of nitrogens with one attached hydrogen (secondary N) is 2. The zero-order valence-corrected chi connectivity index (χ0v) is 12.1. The summed E-state index contributed by atoms with van der Waals surface area (Å²) in [6, 6.07) is 3.04. The number of thioether (sulfide) groups is 1. The van der Waals surface area contributed by atoms with E-state index in [1.54, 1.807) is 0 Å². The van der Waals surface area contributed by atoms with Crippen LogP contribution in [-0.4, -0.2) is 23.7 Å². The van der Waals surface area contributed by atoms with Crippen molar-refractivity contribution in [2.45, 2.75) is 36.6 Å². The fourth-order valence-corrected chi connectivity index (χ4v) is 2.89. The highest BCUT2D eigenvalue weighted by atomic mass is 32.2. The molecule has 0 heterocycles. The molecule has 1 saturated carbocycles. The molecule has 1 aliphatic rings. The zero-order valence-electron chi connectivity index (χ0n) is 11.3. The summed E-state index contributed by atoms with van der Waals surface area (Å²) in [4.78, 5) is 23.6. The third-order valence-corrected chi connectivity index (χ3v) is 4.20. The molecule has 7 heteroatoms. The van der Waals surface area contributed by atoms with E-state index in [4.69, 9.17) is 0 Å². The highest BCUT2D eigenvalue weighted by Crippen LogP contribution is 2.20. The van der Waals surface area contributed by atoms with Crippen molar-refractivity contribution >= 4 is 23.7 Å². The second-order valence-corrected chi connectivity index (χ2v) is 5.92. The molecule has 1 aliphatic carbocycles. The summed E-state index contributed by atoms with van der Waals surface area (Å²) >= 11 is 1.04. The number of carbonyl (C=O) groups excluding carboxylic acids is 2. The van der Waals surface area contributed by atoms with Gasteiger partial charge < -0.3 is 5.32 Å². The second-order valence-electron chi connectivity index (χ2n) is 4.87. The quantitative estimate of drug-likeness (QED) is 0.840. The van der Waals surface area contributed by atoms with Gasteiger partial charge in [-0.2, -0.15) is 0 Å². The van der Waals surface area contributed by atoms with Gasteiger partial charge in [0.05, 0.1) is 5.75 Å². The number of hydrogen-bond acceptors (Lipinski definition) is 3. The number of urea groups is 1. The Balaban J connectivity index is 1.73. The molecule has 0 atom stereocenters. The van der Waals surface area contributed by atoms with Crippen LogP contribution in [0.1, 0.15) is 25.7 Å². The van der Waals surface area contributed by atoms with Crippen LogP contribution in [0.4, 0.5) is 13.6 Å². The fraction of sp³-hybridized carbons (Fsp3) is 0.429. The number of benzene rings is 1. The minimum atomic E-state index is -0.959. The first-order valence-electron chi connectivity index (χ1n) is 6.73. The van der Waals surface area contributed by atoms with Gasteiger partial charge in [0.1, 0.15) is 0 Å². The zero-order chi connectivity index (χ0) is 15.2. The van der Waals surface area contributed by atoms with Crippen molar-refractivity contribution in [3.05, 3.63) is 29.8 Å². The third kappa shape index (κ3) is 5.00. The Labute approximate surface area is 125 Å². The van der Waals surface area contributed by atoms with Gasteiger partial charge in [-0.15, -0.1) is 11.8 Å². The lowest BCUT2D eigenvalue weighted by atomic mass is 10.2. The van der Waals surface area contributed by atoms with E-state index in [9.17, 15) is 18.4 Å². The van der Waals surface area contributed by atoms with Crippen LogP contribution in [-0.2, 0) is 4.79 Å². The SMILES string of the molecule is O=C(CSc1ccc(F)c(F)c1)NC(=O)NC1CCCC1. The van der Waals surface area contributed by atoms with Gasteiger partial charge in [0, 0.05) is 10.9 Å². The molecular formula is C14H16F2N2O2S. The Morgan fingerprint density at radius 2 is 1.90 bits per heavy atom. The van der Waals surface area contributed by atoms with Crippen molar-refractivity contribution in [1.82, 2.24) is 10.6 Å². The average molecular weight is 314 g/mol. The first-order chi connectivity index (χ1) is 10.0. The maximum Gasteiger partial charge on any atom is 0.321 e. The predicted molar refractivity (Wildman–Crippen MR) is 76.0 cm³/mol. The Morgan fingerprint density at radius 3 is 2.57 bits per heavy atom. The predicted octanol–water partition coefficient (Wildman–Crippen LogP) is 2.83. The summed E-state index contributed by atoms with van der Waals surface area (Å²) in [5, 5.41) is 4.96. The Kier molecular flexibility index (Phi) is 5.55. The first-order valence-corrected chi connectivity index (χ1v) is 7.71. The maximum atomic E-state index is 13.0. The number of carbonyl (C=O) groups is 2. The highest BCUT2D eigenvalue weighted by molar-refractivity contribution is 8.00. The molecule has 114 valence electrons. The summed E-state index contributed by atoms with van der Waals surface area (Å²) in [5.41, 5.74) is 0. The van der Waals surface area contributed by atoms with E-state index in [0.717, 1.165) is 49.6 Å². The van der Waals surface area contributed by atoms with Crippen LogP contribution in [0.25, 0.3) is 0 Å². The molecule has 0 aromatic heterocycles. The summed E-state index contributed by atoms with van der Waals surface area (Å²) in [6.07, 6.45) is 4.05. The van der Waals surface area contributed by atoms with Crippen LogP contribution >= 0.6 is 11.8 Å². The van der Waals surface area contributed by atoms with Crippen molar-refractivity contribution in [3.8, 4) is 0 Å². The standard InChI is InChI=1S/C14H16F2N2O2S/c15-11-6-5-10(7-12(11)16)21-8-13(19)18-14(20)17-9-3-1-2-4-9/h5-7,9H,1-4,8H2,(H2,17,18,19,20). The van der Waals surface area contributed by atoms with E-state index in [0.29, 0.717) is 4.90 Å². The van der Waals surface area contributed by atoms with E-state index in [-0.39, 0.29) is 11.8 Å². The van der Waals surface area contributed by atoms with Crippen molar-refractivity contribution in [3.63, 3.8) is 0 Å². The lowest BCUT2D eigenvalue weighted by Gasteiger charge is -2.12. The summed E-state index contributed by atoms with van der Waals surface area (Å²) < 4.78 is 25.7. The molecule has 3 amide bonds. The van der Waals surface area contributed by atoms with Gasteiger partial charge in [-0.05, 0) is 31.0 Å². The van der Waals surface area contributed by atoms with E-state index in [1.165, 1.54) is 6.07 Å². The minimum Gasteiger partial charge on any atom is -0.335 e. The van der Waals surface area contributed by atoms with E-state index in [1.807, 2.05) is 0 Å². The van der Waals surface area contributed by atoms with Gasteiger partial charge in [-0.1, -0.05) is 12.8 Å². The summed E-state index contributed by atoms with van der Waals surface area (Å²) in [5.74, 6) is -2.40. The molecule has 0 saturated heterocycles. The molecule has 0 aliphatic heterocycles. The van der Waals surface area contributed by atoms with Crippen LogP contribution in [0, 0.1) is 11.6 Å². The molecule has 0 spiro atoms. The molecule has 4 nitrogen and oxygen atoms in total. The Hall–Kier alpha value is -1.63. The molecule has 21 heavy (non-hydrogen) atoms. The first kappa shape index (κ1) is 15.8. The molecule has 2 rings (SSSR count). The number of rotatable bonds is 4. The number of halogens is 2. The molecular weight excluding hydrogens is 298 g/mol. The van der Waals surface area contributed by atoms with Gasteiger partial charge >= 0.3 is 6.03 Å². The van der Waals surface area contributed by atoms with Crippen LogP contribution in [0.3, 0.4) is 0 Å². The molecule has 2 N–H and O–H groups in total. The van der Waals surface area contributed by atoms with Crippen LogP contribution < -0.4 is 10.6 Å². The van der Waals surface area contributed by atoms with Gasteiger partial charge in [0.15, 0.2) is 11.6 Å². The fourth-order valence-electron chi connectivity index (χ4n) is 2.17. The Morgan fingerprint density at radius 1 is 1.19 bits per heavy atom. The second kappa shape index (κ2) is 7.40. The topological polar surface area (TPSA) is 58.2 Å². The van der Waals surface area contributed by atoms with Crippen LogP contribution in [0.15, 0.2) is 23.1 Å². The van der Waals surface area contributed by atoms with Gasteiger partial charge in [-0.25, -0.2) is 13.6 Å². The van der Waals surface area contributed by atoms with Crippen LogP contribution in [0.2, 0.25) is 0 Å². The van der Waals surface area contributed by atoms with Gasteiger partial charge in [0.2, 0.25) is 5.91 Å². The average Bonchev–Trinajstić information content (AvgIpc) is 2.92. The maximum absolute atomic E-state index is 13.0. The van der Waals surface area contributed by atoms with E-state index in [2.05, 4.69) is 10.6 Å². The number of amides is 3. The molecule has 1 fully saturated rings. The highest BCUT2D eigenvalue weighted by Gasteiger charge is 2.18. The molecule has 1 aromatic rings. The van der Waals surface area contributed by atoms with Gasteiger partial charge in [0.25, 0.3) is 0 Å². The largest absolute Gasteiger partial charge is 0.335 e. The smallest absolute Gasteiger partial charge is 0.321 e. The van der Waals surface area contributed by atoms with Crippen LogP contribution in [0.5, 0.6) is 0 Å². The third-order valence-electron chi connectivity index (χ3n) is 3.20. The lowest BCUT2D eigenvalue weighted by Crippen LogP contribution is -2.44. The summed E-state index contributed by atoms with van der Waals surface area (Å²) in [6.45, 7) is 0.